The van der Waals surface area contributed by atoms with Gasteiger partial charge in [0, 0.05) is 25.7 Å². The first-order valence-corrected chi connectivity index (χ1v) is 6.41. The van der Waals surface area contributed by atoms with Crippen molar-refractivity contribution < 1.29 is 0 Å². The largest absolute Gasteiger partial charge is 0.314 e. The number of nitrogens with zero attached hydrogens (tertiary/aromatic N) is 2. The second-order valence-corrected chi connectivity index (χ2v) is 5.54. The molecule has 3 nitrogen and oxygen atoms in total. The molecule has 3 heteroatoms. The molecular weight excluding hydrogens is 198 g/mol. The third kappa shape index (κ3) is 4.51. The standard InChI is InChI=1S/C13H25N3/c1-12-10-15-7-9-16(12)8-5-4-6-13(2,3)11-14/h12,15H,4-10H2,1-3H3. The highest BCUT2D eigenvalue weighted by atomic mass is 15.2. The second kappa shape index (κ2) is 6.22. The minimum atomic E-state index is -0.144. The van der Waals surface area contributed by atoms with E-state index in [9.17, 15) is 0 Å². The Hall–Kier alpha value is -0.590. The zero-order valence-electron chi connectivity index (χ0n) is 10.9. The SMILES string of the molecule is CC1CNCCN1CCCCC(C)(C)C#N. The Morgan fingerprint density at radius 3 is 2.81 bits per heavy atom. The normalized spacial score (nSPS) is 23.0. The van der Waals surface area contributed by atoms with Gasteiger partial charge in [0.15, 0.2) is 0 Å². The first-order valence-electron chi connectivity index (χ1n) is 6.41. The second-order valence-electron chi connectivity index (χ2n) is 5.54. The first-order chi connectivity index (χ1) is 7.55. The number of piperazine rings is 1. The Morgan fingerprint density at radius 2 is 2.19 bits per heavy atom. The van der Waals surface area contributed by atoms with Crippen LogP contribution < -0.4 is 5.32 Å². The predicted molar refractivity (Wildman–Crippen MR) is 67.1 cm³/mol. The van der Waals surface area contributed by atoms with E-state index in [1.165, 1.54) is 19.5 Å². The smallest absolute Gasteiger partial charge is 0.0683 e. The highest BCUT2D eigenvalue weighted by Gasteiger charge is 2.18. The van der Waals surface area contributed by atoms with E-state index in [-0.39, 0.29) is 5.41 Å². The van der Waals surface area contributed by atoms with Gasteiger partial charge in [0.2, 0.25) is 0 Å². The fourth-order valence-corrected chi connectivity index (χ4v) is 2.15. The highest BCUT2D eigenvalue weighted by Crippen LogP contribution is 2.21. The fraction of sp³-hybridized carbons (Fsp3) is 0.923. The molecule has 0 aromatic heterocycles. The lowest BCUT2D eigenvalue weighted by Crippen LogP contribution is -2.49. The lowest BCUT2D eigenvalue weighted by Gasteiger charge is -2.34. The van der Waals surface area contributed by atoms with Crippen LogP contribution >= 0.6 is 0 Å². The molecule has 1 aliphatic heterocycles. The average Bonchev–Trinajstić information content (AvgIpc) is 2.27. The molecule has 1 aliphatic rings. The maximum absolute atomic E-state index is 8.92. The summed E-state index contributed by atoms with van der Waals surface area (Å²) >= 11 is 0. The van der Waals surface area contributed by atoms with Crippen LogP contribution in [0, 0.1) is 16.7 Å². The van der Waals surface area contributed by atoms with Gasteiger partial charge in [-0.05, 0) is 40.2 Å². The summed E-state index contributed by atoms with van der Waals surface area (Å²) in [6, 6.07) is 3.03. The summed E-state index contributed by atoms with van der Waals surface area (Å²) in [6.07, 6.45) is 3.40. The molecule has 92 valence electrons. The van der Waals surface area contributed by atoms with Gasteiger partial charge in [0.05, 0.1) is 11.5 Å². The molecule has 0 aliphatic carbocycles. The minimum absolute atomic E-state index is 0.144. The molecule has 0 radical (unpaired) electrons. The van der Waals surface area contributed by atoms with E-state index >= 15 is 0 Å². The summed E-state index contributed by atoms with van der Waals surface area (Å²) in [7, 11) is 0. The Morgan fingerprint density at radius 1 is 1.44 bits per heavy atom. The predicted octanol–water partition coefficient (Wildman–Crippen LogP) is 2.00. The zero-order chi connectivity index (χ0) is 12.0. The van der Waals surface area contributed by atoms with Crippen molar-refractivity contribution >= 4 is 0 Å². The van der Waals surface area contributed by atoms with Crippen molar-refractivity contribution in [2.45, 2.75) is 46.1 Å². The molecule has 0 aromatic carbocycles. The van der Waals surface area contributed by atoms with Crippen LogP contribution in [0.2, 0.25) is 0 Å². The van der Waals surface area contributed by atoms with Gasteiger partial charge in [-0.2, -0.15) is 5.26 Å². The third-order valence-electron chi connectivity index (χ3n) is 3.44. The maximum Gasteiger partial charge on any atom is 0.0683 e. The van der Waals surface area contributed by atoms with Crippen molar-refractivity contribution in [1.82, 2.24) is 10.2 Å². The van der Waals surface area contributed by atoms with Gasteiger partial charge < -0.3 is 5.32 Å². The summed E-state index contributed by atoms with van der Waals surface area (Å²) in [5.74, 6) is 0. The molecule has 0 aromatic rings. The molecule has 1 heterocycles. The van der Waals surface area contributed by atoms with Gasteiger partial charge >= 0.3 is 0 Å². The monoisotopic (exact) mass is 223 g/mol. The van der Waals surface area contributed by atoms with Crippen LogP contribution in [0.3, 0.4) is 0 Å². The molecule has 1 atom stereocenters. The molecule has 1 fully saturated rings. The van der Waals surface area contributed by atoms with Gasteiger partial charge in [-0.1, -0.05) is 6.42 Å². The molecular formula is C13H25N3. The molecule has 1 saturated heterocycles. The summed E-state index contributed by atoms with van der Waals surface area (Å²) in [6.45, 7) is 10.9. The van der Waals surface area contributed by atoms with Gasteiger partial charge in [0.25, 0.3) is 0 Å². The lowest BCUT2D eigenvalue weighted by molar-refractivity contribution is 0.169. The first kappa shape index (κ1) is 13.5. The summed E-state index contributed by atoms with van der Waals surface area (Å²) in [5, 5.41) is 12.3. The van der Waals surface area contributed by atoms with E-state index in [0.29, 0.717) is 6.04 Å². The van der Waals surface area contributed by atoms with E-state index in [0.717, 1.165) is 25.9 Å². The number of hydrogen-bond donors (Lipinski definition) is 1. The van der Waals surface area contributed by atoms with E-state index < -0.39 is 0 Å². The van der Waals surface area contributed by atoms with Crippen LogP contribution in [0.15, 0.2) is 0 Å². The summed E-state index contributed by atoms with van der Waals surface area (Å²) < 4.78 is 0. The number of unbranched alkanes of at least 4 members (excludes halogenated alkanes) is 1. The summed E-state index contributed by atoms with van der Waals surface area (Å²) in [5.41, 5.74) is -0.144. The third-order valence-corrected chi connectivity index (χ3v) is 3.44. The Bertz CT molecular complexity index is 242. The van der Waals surface area contributed by atoms with E-state index in [4.69, 9.17) is 5.26 Å². The van der Waals surface area contributed by atoms with E-state index in [1.54, 1.807) is 0 Å². The van der Waals surface area contributed by atoms with Crippen LogP contribution in [0.5, 0.6) is 0 Å². The quantitative estimate of drug-likeness (QED) is 0.725. The van der Waals surface area contributed by atoms with Crippen LogP contribution in [-0.2, 0) is 0 Å². The molecule has 1 rings (SSSR count). The fourth-order valence-electron chi connectivity index (χ4n) is 2.15. The van der Waals surface area contributed by atoms with Crippen molar-refractivity contribution in [2.24, 2.45) is 5.41 Å². The van der Waals surface area contributed by atoms with Gasteiger partial charge in [-0.15, -0.1) is 0 Å². The van der Waals surface area contributed by atoms with E-state index in [2.05, 4.69) is 23.2 Å². The highest BCUT2D eigenvalue weighted by molar-refractivity contribution is 4.91. The molecule has 0 bridgehead atoms. The lowest BCUT2D eigenvalue weighted by atomic mass is 9.89. The number of hydrogen-bond acceptors (Lipinski definition) is 3. The average molecular weight is 223 g/mol. The number of nitriles is 1. The van der Waals surface area contributed by atoms with Crippen molar-refractivity contribution in [3.05, 3.63) is 0 Å². The van der Waals surface area contributed by atoms with Crippen LogP contribution in [0.1, 0.15) is 40.0 Å². The van der Waals surface area contributed by atoms with Crippen molar-refractivity contribution in [3.8, 4) is 6.07 Å². The summed E-state index contributed by atoms with van der Waals surface area (Å²) in [4.78, 5) is 2.55. The number of nitrogens with one attached hydrogen (secondary N) is 1. The molecule has 0 spiro atoms. The molecule has 0 saturated carbocycles. The van der Waals surface area contributed by atoms with Crippen molar-refractivity contribution in [1.29, 1.82) is 5.26 Å². The van der Waals surface area contributed by atoms with Crippen LogP contribution in [0.4, 0.5) is 0 Å². The van der Waals surface area contributed by atoms with Crippen LogP contribution in [0.25, 0.3) is 0 Å². The topological polar surface area (TPSA) is 39.1 Å². The molecule has 0 amide bonds. The molecule has 1 N–H and O–H groups in total. The zero-order valence-corrected chi connectivity index (χ0v) is 10.9. The molecule has 1 unspecified atom stereocenters. The Labute approximate surface area is 99.8 Å². The maximum atomic E-state index is 8.92. The molecule has 16 heavy (non-hydrogen) atoms. The minimum Gasteiger partial charge on any atom is -0.314 e. The van der Waals surface area contributed by atoms with Crippen molar-refractivity contribution in [2.75, 3.05) is 26.2 Å². The number of rotatable bonds is 5. The van der Waals surface area contributed by atoms with E-state index in [1.807, 2.05) is 13.8 Å². The van der Waals surface area contributed by atoms with Gasteiger partial charge in [0.1, 0.15) is 0 Å². The van der Waals surface area contributed by atoms with Crippen molar-refractivity contribution in [3.63, 3.8) is 0 Å². The van der Waals surface area contributed by atoms with Gasteiger partial charge in [-0.25, -0.2) is 0 Å². The van der Waals surface area contributed by atoms with Crippen LogP contribution in [-0.4, -0.2) is 37.1 Å². The Balaban J connectivity index is 2.13. The Kier molecular flexibility index (Phi) is 5.24. The van der Waals surface area contributed by atoms with Gasteiger partial charge in [-0.3, -0.25) is 4.90 Å².